The summed E-state index contributed by atoms with van der Waals surface area (Å²) in [6.45, 7) is 3.17. The lowest BCUT2D eigenvalue weighted by Crippen LogP contribution is -2.26. The molecule has 1 saturated heterocycles. The second kappa shape index (κ2) is 4.74. The molecular weight excluding hydrogens is 226 g/mol. The number of benzene rings is 1. The van der Waals surface area contributed by atoms with Crippen LogP contribution in [0.4, 0.5) is 4.79 Å². The molecule has 0 spiro atoms. The molecule has 1 unspecified atom stereocenters. The van der Waals surface area contributed by atoms with E-state index in [2.05, 4.69) is 0 Å². The molecule has 1 aromatic rings. The van der Waals surface area contributed by atoms with Gasteiger partial charge in [0.05, 0.1) is 6.54 Å². The van der Waals surface area contributed by atoms with Crippen LogP contribution in [0.15, 0.2) is 24.3 Å². The molecular formula is C12H14ClNO2. The van der Waals surface area contributed by atoms with Gasteiger partial charge in [-0.15, -0.1) is 11.6 Å². The minimum atomic E-state index is -0.272. The maximum Gasteiger partial charge on any atom is 0.410 e. The third-order valence-electron chi connectivity index (χ3n) is 2.69. The van der Waals surface area contributed by atoms with Crippen LogP contribution in [0.1, 0.15) is 17.2 Å². The second-order valence-corrected chi connectivity index (χ2v) is 4.30. The molecule has 0 bridgehead atoms. The van der Waals surface area contributed by atoms with E-state index in [4.69, 9.17) is 16.3 Å². The summed E-state index contributed by atoms with van der Waals surface area (Å²) in [5.74, 6) is 0.440. The smallest absolute Gasteiger partial charge is 0.410 e. The molecule has 0 aliphatic carbocycles. The monoisotopic (exact) mass is 239 g/mol. The van der Waals surface area contributed by atoms with Crippen molar-refractivity contribution in [1.82, 2.24) is 4.90 Å². The van der Waals surface area contributed by atoms with Crippen LogP contribution in [0.2, 0.25) is 0 Å². The first-order valence-electron chi connectivity index (χ1n) is 5.29. The van der Waals surface area contributed by atoms with Crippen LogP contribution >= 0.6 is 11.6 Å². The Kier molecular flexibility index (Phi) is 3.34. The van der Waals surface area contributed by atoms with E-state index in [1.54, 1.807) is 4.90 Å². The lowest BCUT2D eigenvalue weighted by Gasteiger charge is -2.10. The van der Waals surface area contributed by atoms with Crippen molar-refractivity contribution in [2.45, 2.75) is 13.0 Å². The second-order valence-electron chi connectivity index (χ2n) is 3.92. The zero-order valence-electron chi connectivity index (χ0n) is 9.15. The molecule has 1 aliphatic heterocycles. The van der Waals surface area contributed by atoms with Gasteiger partial charge in [0.2, 0.25) is 0 Å². The Morgan fingerprint density at radius 1 is 1.44 bits per heavy atom. The molecule has 1 amide bonds. The molecule has 1 atom stereocenters. The third kappa shape index (κ3) is 2.30. The van der Waals surface area contributed by atoms with Crippen LogP contribution in [0.5, 0.6) is 0 Å². The van der Waals surface area contributed by atoms with E-state index in [0.717, 1.165) is 5.56 Å². The first kappa shape index (κ1) is 11.3. The number of ether oxygens (including phenoxy) is 1. The number of carbonyl (C=O) groups excluding carboxylic acids is 1. The molecule has 0 N–H and O–H groups in total. The van der Waals surface area contributed by atoms with Crippen LogP contribution < -0.4 is 0 Å². The van der Waals surface area contributed by atoms with Gasteiger partial charge in [0, 0.05) is 12.4 Å². The number of carbonyl (C=O) groups is 1. The fourth-order valence-corrected chi connectivity index (χ4v) is 1.95. The molecule has 3 nitrogen and oxygen atoms in total. The van der Waals surface area contributed by atoms with Crippen molar-refractivity contribution in [2.24, 2.45) is 0 Å². The van der Waals surface area contributed by atoms with Gasteiger partial charge in [-0.3, -0.25) is 0 Å². The van der Waals surface area contributed by atoms with Gasteiger partial charge in [-0.1, -0.05) is 29.8 Å². The largest absolute Gasteiger partial charge is 0.439 e. The Labute approximate surface area is 100.0 Å². The van der Waals surface area contributed by atoms with Gasteiger partial charge in [0.1, 0.15) is 6.10 Å². The number of nitrogens with zero attached hydrogens (tertiary/aromatic N) is 1. The fourth-order valence-electron chi connectivity index (χ4n) is 1.75. The molecule has 86 valence electrons. The summed E-state index contributed by atoms with van der Waals surface area (Å²) in [6, 6.07) is 8.04. The Hall–Kier alpha value is -1.22. The summed E-state index contributed by atoms with van der Waals surface area (Å²) in [4.78, 5) is 13.1. The number of halogens is 1. The van der Waals surface area contributed by atoms with Crippen molar-refractivity contribution in [3.63, 3.8) is 0 Å². The van der Waals surface area contributed by atoms with Crippen LogP contribution in [-0.2, 0) is 4.74 Å². The highest BCUT2D eigenvalue weighted by Gasteiger charge is 2.31. The standard InChI is InChI=1S/C12H14ClNO2/c1-9-2-4-10(5-3-9)11-8-14(7-6-13)12(15)16-11/h2-5,11H,6-8H2,1H3. The highest BCUT2D eigenvalue weighted by atomic mass is 35.5. The van der Waals surface area contributed by atoms with Crippen LogP contribution in [-0.4, -0.2) is 30.0 Å². The van der Waals surface area contributed by atoms with Crippen LogP contribution in [0.3, 0.4) is 0 Å². The Bertz CT molecular complexity index is 377. The van der Waals surface area contributed by atoms with Crippen LogP contribution in [0.25, 0.3) is 0 Å². The first-order valence-corrected chi connectivity index (χ1v) is 5.82. The molecule has 0 radical (unpaired) electrons. The van der Waals surface area contributed by atoms with Gasteiger partial charge in [0.15, 0.2) is 0 Å². The van der Waals surface area contributed by atoms with Crippen LogP contribution in [0, 0.1) is 6.92 Å². The molecule has 1 aromatic carbocycles. The third-order valence-corrected chi connectivity index (χ3v) is 2.86. The number of amides is 1. The summed E-state index contributed by atoms with van der Waals surface area (Å²) in [5.41, 5.74) is 2.24. The molecule has 2 rings (SSSR count). The van der Waals surface area contributed by atoms with E-state index < -0.39 is 0 Å². The first-order chi connectivity index (χ1) is 7.70. The minimum absolute atomic E-state index is 0.156. The SMILES string of the molecule is Cc1ccc(C2CN(CCCl)C(=O)O2)cc1. The van der Waals surface area contributed by atoms with E-state index in [-0.39, 0.29) is 12.2 Å². The number of hydrogen-bond acceptors (Lipinski definition) is 2. The zero-order chi connectivity index (χ0) is 11.5. The van der Waals surface area contributed by atoms with E-state index in [9.17, 15) is 4.79 Å². The predicted molar refractivity (Wildman–Crippen MR) is 62.7 cm³/mol. The summed E-state index contributed by atoms with van der Waals surface area (Å²) in [5, 5.41) is 0. The maximum absolute atomic E-state index is 11.5. The maximum atomic E-state index is 11.5. The van der Waals surface area contributed by atoms with Gasteiger partial charge in [0.25, 0.3) is 0 Å². The topological polar surface area (TPSA) is 29.5 Å². The molecule has 1 fully saturated rings. The average molecular weight is 240 g/mol. The van der Waals surface area contributed by atoms with Gasteiger partial charge in [-0.2, -0.15) is 0 Å². The van der Waals surface area contributed by atoms with E-state index >= 15 is 0 Å². The average Bonchev–Trinajstić information content (AvgIpc) is 2.62. The summed E-state index contributed by atoms with van der Waals surface area (Å²) in [6.07, 6.45) is -0.428. The van der Waals surface area contributed by atoms with E-state index in [1.807, 2.05) is 31.2 Å². The summed E-state index contributed by atoms with van der Waals surface area (Å²) in [7, 11) is 0. The minimum Gasteiger partial charge on any atom is -0.439 e. The van der Waals surface area contributed by atoms with E-state index in [1.165, 1.54) is 5.56 Å². The zero-order valence-corrected chi connectivity index (χ0v) is 9.91. The molecule has 1 aliphatic rings. The number of aryl methyl sites for hydroxylation is 1. The quantitative estimate of drug-likeness (QED) is 0.759. The van der Waals surface area contributed by atoms with Crippen molar-refractivity contribution in [3.8, 4) is 0 Å². The normalized spacial score (nSPS) is 20.0. The van der Waals surface area contributed by atoms with Gasteiger partial charge >= 0.3 is 6.09 Å². The number of rotatable bonds is 3. The highest BCUT2D eigenvalue weighted by Crippen LogP contribution is 2.25. The molecule has 0 aromatic heterocycles. The lowest BCUT2D eigenvalue weighted by atomic mass is 10.1. The van der Waals surface area contributed by atoms with Crippen molar-refractivity contribution in [1.29, 1.82) is 0 Å². The van der Waals surface area contributed by atoms with Crippen molar-refractivity contribution in [2.75, 3.05) is 19.0 Å². The summed E-state index contributed by atoms with van der Waals surface area (Å²) >= 11 is 5.61. The molecule has 16 heavy (non-hydrogen) atoms. The van der Waals surface area contributed by atoms with Gasteiger partial charge in [-0.05, 0) is 12.5 Å². The summed E-state index contributed by atoms with van der Waals surface area (Å²) < 4.78 is 5.28. The number of hydrogen-bond donors (Lipinski definition) is 0. The van der Waals surface area contributed by atoms with Gasteiger partial charge in [-0.25, -0.2) is 4.79 Å². The lowest BCUT2D eigenvalue weighted by molar-refractivity contribution is 0.133. The molecule has 1 heterocycles. The molecule has 0 saturated carbocycles. The van der Waals surface area contributed by atoms with Crippen molar-refractivity contribution < 1.29 is 9.53 Å². The van der Waals surface area contributed by atoms with Crippen molar-refractivity contribution >= 4 is 17.7 Å². The Morgan fingerprint density at radius 2 is 2.12 bits per heavy atom. The Morgan fingerprint density at radius 3 is 2.75 bits per heavy atom. The number of alkyl halides is 1. The number of cyclic esters (lactones) is 1. The Balaban J connectivity index is 2.07. The molecule has 4 heteroatoms. The fraction of sp³-hybridized carbons (Fsp3) is 0.417. The van der Waals surface area contributed by atoms with Gasteiger partial charge < -0.3 is 9.64 Å². The van der Waals surface area contributed by atoms with Crippen molar-refractivity contribution in [3.05, 3.63) is 35.4 Å². The predicted octanol–water partition coefficient (Wildman–Crippen LogP) is 2.73. The van der Waals surface area contributed by atoms with E-state index in [0.29, 0.717) is 19.0 Å². The highest BCUT2D eigenvalue weighted by molar-refractivity contribution is 6.18.